The molecule has 0 unspecified atom stereocenters. The van der Waals surface area contributed by atoms with E-state index in [1.807, 2.05) is 4.90 Å². The fourth-order valence-electron chi connectivity index (χ4n) is 2.09. The fraction of sp³-hybridized carbons (Fsp3) is 0.154. The van der Waals surface area contributed by atoms with Crippen molar-refractivity contribution < 1.29 is 9.18 Å². The van der Waals surface area contributed by atoms with Crippen molar-refractivity contribution in [2.24, 2.45) is 0 Å². The second-order valence-electron chi connectivity index (χ2n) is 4.11. The molecule has 90 valence electrons. The van der Waals surface area contributed by atoms with Crippen molar-refractivity contribution in [2.75, 3.05) is 11.4 Å². The third kappa shape index (κ3) is 1.73. The molecule has 0 saturated carbocycles. The Kier molecular flexibility index (Phi) is 2.51. The van der Waals surface area contributed by atoms with Crippen molar-refractivity contribution >= 4 is 17.9 Å². The highest BCUT2D eigenvalue weighted by molar-refractivity contribution is 5.74. The van der Waals surface area contributed by atoms with Gasteiger partial charge < -0.3 is 4.90 Å². The van der Waals surface area contributed by atoms with E-state index < -0.39 is 0 Å². The first-order valence-electron chi connectivity index (χ1n) is 5.61. The van der Waals surface area contributed by atoms with E-state index in [-0.39, 0.29) is 5.82 Å². The molecule has 0 N–H and O–H groups in total. The molecule has 1 aliphatic heterocycles. The van der Waals surface area contributed by atoms with Gasteiger partial charge in [0.25, 0.3) is 0 Å². The molecule has 2 heterocycles. The molecule has 3 rings (SSSR count). The van der Waals surface area contributed by atoms with Crippen LogP contribution in [-0.4, -0.2) is 22.8 Å². The zero-order chi connectivity index (χ0) is 12.5. The van der Waals surface area contributed by atoms with Gasteiger partial charge in [-0.05, 0) is 24.1 Å². The van der Waals surface area contributed by atoms with Crippen LogP contribution >= 0.6 is 0 Å². The molecule has 1 aromatic carbocycles. The van der Waals surface area contributed by atoms with Gasteiger partial charge in [0.15, 0.2) is 6.29 Å². The molecule has 1 aliphatic rings. The van der Waals surface area contributed by atoms with Crippen molar-refractivity contribution in [2.45, 2.75) is 6.42 Å². The second kappa shape index (κ2) is 4.18. The number of carbonyl (C=O) groups excluding carboxylic acids is 1. The van der Waals surface area contributed by atoms with Crippen molar-refractivity contribution in [1.82, 2.24) is 9.97 Å². The Bertz CT molecular complexity index is 598. The quantitative estimate of drug-likeness (QED) is 0.758. The lowest BCUT2D eigenvalue weighted by atomic mass is 10.2. The Morgan fingerprint density at radius 2 is 2.06 bits per heavy atom. The fourth-order valence-corrected chi connectivity index (χ4v) is 2.09. The van der Waals surface area contributed by atoms with E-state index in [1.165, 1.54) is 24.5 Å². The van der Waals surface area contributed by atoms with Crippen LogP contribution in [0.1, 0.15) is 15.9 Å². The summed E-state index contributed by atoms with van der Waals surface area (Å²) in [5, 5.41) is 0. The minimum Gasteiger partial charge on any atom is -0.310 e. The summed E-state index contributed by atoms with van der Waals surface area (Å²) in [6.07, 6.45) is 4.47. The Labute approximate surface area is 103 Å². The van der Waals surface area contributed by atoms with Gasteiger partial charge in [-0.25, -0.2) is 14.4 Å². The topological polar surface area (TPSA) is 46.1 Å². The first-order valence-corrected chi connectivity index (χ1v) is 5.61. The molecular formula is C13H10FN3O. The van der Waals surface area contributed by atoms with Crippen LogP contribution in [0.15, 0.2) is 30.6 Å². The number of hydrogen-bond donors (Lipinski definition) is 0. The Morgan fingerprint density at radius 1 is 1.28 bits per heavy atom. The van der Waals surface area contributed by atoms with Crippen LogP contribution in [0.2, 0.25) is 0 Å². The van der Waals surface area contributed by atoms with Crippen LogP contribution in [0.5, 0.6) is 0 Å². The summed E-state index contributed by atoms with van der Waals surface area (Å²) in [7, 11) is 0. The lowest BCUT2D eigenvalue weighted by molar-refractivity contribution is 0.112. The van der Waals surface area contributed by atoms with Crippen molar-refractivity contribution in [3.63, 3.8) is 0 Å². The molecule has 0 saturated heterocycles. The van der Waals surface area contributed by atoms with Gasteiger partial charge in [-0.2, -0.15) is 0 Å². The first-order chi connectivity index (χ1) is 8.78. The third-order valence-corrected chi connectivity index (χ3v) is 2.98. The number of fused-ring (bicyclic) bond motifs is 1. The first kappa shape index (κ1) is 10.8. The highest BCUT2D eigenvalue weighted by Crippen LogP contribution is 2.32. The lowest BCUT2D eigenvalue weighted by Crippen LogP contribution is -2.16. The second-order valence-corrected chi connectivity index (χ2v) is 4.11. The predicted molar refractivity (Wildman–Crippen MR) is 64.5 cm³/mol. The van der Waals surface area contributed by atoms with Crippen LogP contribution in [0, 0.1) is 5.82 Å². The van der Waals surface area contributed by atoms with Gasteiger partial charge in [-0.15, -0.1) is 0 Å². The van der Waals surface area contributed by atoms with Gasteiger partial charge in [0.1, 0.15) is 5.82 Å². The largest absolute Gasteiger partial charge is 0.310 e. The molecule has 0 fully saturated rings. The van der Waals surface area contributed by atoms with Crippen molar-refractivity contribution in [1.29, 1.82) is 0 Å². The summed E-state index contributed by atoms with van der Waals surface area (Å²) in [6, 6.07) is 4.72. The molecule has 0 aliphatic carbocycles. The zero-order valence-electron chi connectivity index (χ0n) is 9.51. The van der Waals surface area contributed by atoms with Crippen LogP contribution in [-0.2, 0) is 6.42 Å². The molecule has 0 amide bonds. The van der Waals surface area contributed by atoms with Crippen LogP contribution in [0.3, 0.4) is 0 Å². The standard InChI is InChI=1S/C13H10FN3O/c14-11-2-1-10-3-4-17(12(10)5-11)13-15-6-9(8-18)7-16-13/h1-2,5-8H,3-4H2. The highest BCUT2D eigenvalue weighted by atomic mass is 19.1. The number of aromatic nitrogens is 2. The van der Waals surface area contributed by atoms with Crippen LogP contribution in [0.25, 0.3) is 0 Å². The average molecular weight is 243 g/mol. The maximum Gasteiger partial charge on any atom is 0.229 e. The SMILES string of the molecule is O=Cc1cnc(N2CCc3ccc(F)cc32)nc1. The summed E-state index contributed by atoms with van der Waals surface area (Å²) >= 11 is 0. The minimum absolute atomic E-state index is 0.273. The lowest BCUT2D eigenvalue weighted by Gasteiger charge is -2.16. The molecular weight excluding hydrogens is 233 g/mol. The molecule has 0 atom stereocenters. The number of benzene rings is 1. The van der Waals surface area contributed by atoms with Crippen molar-refractivity contribution in [3.8, 4) is 0 Å². The number of halogens is 1. The smallest absolute Gasteiger partial charge is 0.229 e. The zero-order valence-corrected chi connectivity index (χ0v) is 9.51. The minimum atomic E-state index is -0.273. The number of rotatable bonds is 2. The monoisotopic (exact) mass is 243 g/mol. The van der Waals surface area contributed by atoms with E-state index in [0.717, 1.165) is 24.2 Å². The van der Waals surface area contributed by atoms with E-state index in [1.54, 1.807) is 6.07 Å². The predicted octanol–water partition coefficient (Wildman–Crippen LogP) is 2.12. The van der Waals surface area contributed by atoms with E-state index in [0.29, 0.717) is 17.8 Å². The number of nitrogens with zero attached hydrogens (tertiary/aromatic N) is 3. The maximum atomic E-state index is 13.3. The molecule has 2 aromatic rings. The Morgan fingerprint density at radius 3 is 2.78 bits per heavy atom. The van der Waals surface area contributed by atoms with Crippen LogP contribution in [0.4, 0.5) is 16.0 Å². The Hall–Kier alpha value is -2.30. The van der Waals surface area contributed by atoms with Crippen LogP contribution < -0.4 is 4.90 Å². The number of aldehydes is 1. The summed E-state index contributed by atoms with van der Waals surface area (Å²) in [5.74, 6) is 0.218. The number of carbonyl (C=O) groups is 1. The van der Waals surface area contributed by atoms with Gasteiger partial charge >= 0.3 is 0 Å². The average Bonchev–Trinajstić information content (AvgIpc) is 2.82. The summed E-state index contributed by atoms with van der Waals surface area (Å²) in [6.45, 7) is 0.721. The number of anilines is 2. The molecule has 0 radical (unpaired) electrons. The molecule has 18 heavy (non-hydrogen) atoms. The van der Waals surface area contributed by atoms with E-state index in [4.69, 9.17) is 0 Å². The molecule has 5 heteroatoms. The molecule has 0 spiro atoms. The maximum absolute atomic E-state index is 13.3. The molecule has 1 aromatic heterocycles. The van der Waals surface area contributed by atoms with Crippen molar-refractivity contribution in [3.05, 3.63) is 47.5 Å². The Balaban J connectivity index is 1.99. The normalized spacial score (nSPS) is 13.5. The van der Waals surface area contributed by atoms with Gasteiger partial charge in [0, 0.05) is 18.9 Å². The summed E-state index contributed by atoms with van der Waals surface area (Å²) in [5.41, 5.74) is 2.31. The van der Waals surface area contributed by atoms with Gasteiger partial charge in [0.05, 0.1) is 11.3 Å². The third-order valence-electron chi connectivity index (χ3n) is 2.98. The van der Waals surface area contributed by atoms with E-state index in [9.17, 15) is 9.18 Å². The van der Waals surface area contributed by atoms with E-state index >= 15 is 0 Å². The van der Waals surface area contributed by atoms with Gasteiger partial charge in [0.2, 0.25) is 5.95 Å². The van der Waals surface area contributed by atoms with Gasteiger partial charge in [-0.3, -0.25) is 4.79 Å². The summed E-state index contributed by atoms with van der Waals surface area (Å²) in [4.78, 5) is 20.6. The summed E-state index contributed by atoms with van der Waals surface area (Å²) < 4.78 is 13.3. The number of hydrogen-bond acceptors (Lipinski definition) is 4. The molecule has 0 bridgehead atoms. The molecule has 4 nitrogen and oxygen atoms in total. The highest BCUT2D eigenvalue weighted by Gasteiger charge is 2.22. The van der Waals surface area contributed by atoms with Gasteiger partial charge in [-0.1, -0.05) is 6.07 Å². The van der Waals surface area contributed by atoms with E-state index in [2.05, 4.69) is 9.97 Å².